The Labute approximate surface area is 203 Å². The molecule has 3 fully saturated rings. The van der Waals surface area contributed by atoms with Gasteiger partial charge in [0.25, 0.3) is 0 Å². The van der Waals surface area contributed by atoms with Gasteiger partial charge < -0.3 is 10.6 Å². The summed E-state index contributed by atoms with van der Waals surface area (Å²) >= 11 is 0. The van der Waals surface area contributed by atoms with Crippen molar-refractivity contribution in [1.29, 1.82) is 0 Å². The number of carbonyl (C=O) groups is 2. The highest BCUT2D eigenvalue weighted by Crippen LogP contribution is 2.52. The molecule has 36 heavy (non-hydrogen) atoms. The second-order valence-corrected chi connectivity index (χ2v) is 9.16. The molecule has 0 radical (unpaired) electrons. The van der Waals surface area contributed by atoms with Crippen LogP contribution < -0.4 is 10.6 Å². The van der Waals surface area contributed by atoms with E-state index in [1.165, 1.54) is 48.6 Å². The van der Waals surface area contributed by atoms with E-state index in [0.717, 1.165) is 24.3 Å². The molecule has 1 atom stereocenters. The smallest absolute Gasteiger partial charge is 0.349 e. The predicted molar refractivity (Wildman–Crippen MR) is 121 cm³/mol. The van der Waals surface area contributed by atoms with Crippen LogP contribution in [-0.2, 0) is 21.9 Å². The van der Waals surface area contributed by atoms with Crippen molar-refractivity contribution in [1.82, 2.24) is 10.6 Å². The summed E-state index contributed by atoms with van der Waals surface area (Å²) in [5, 5.41) is 5.82. The number of alkyl halides is 6. The molecule has 2 aromatic carbocycles. The van der Waals surface area contributed by atoms with Gasteiger partial charge in [-0.2, -0.15) is 26.3 Å². The minimum Gasteiger partial charge on any atom is -0.349 e. The van der Waals surface area contributed by atoms with Gasteiger partial charge in [0.15, 0.2) is 0 Å². The third-order valence-corrected chi connectivity index (χ3v) is 6.53. The predicted octanol–water partition coefficient (Wildman–Crippen LogP) is 5.60. The van der Waals surface area contributed by atoms with Crippen molar-refractivity contribution < 1.29 is 35.9 Å². The molecule has 2 amide bonds. The number of amides is 2. The number of fused-ring (bicyclic) bond motifs is 1. The van der Waals surface area contributed by atoms with Crippen molar-refractivity contribution in [2.24, 2.45) is 5.92 Å². The lowest BCUT2D eigenvalue weighted by atomic mass is 9.76. The van der Waals surface area contributed by atoms with E-state index in [1.54, 1.807) is 0 Å². The van der Waals surface area contributed by atoms with E-state index in [-0.39, 0.29) is 23.8 Å². The first-order valence-electron chi connectivity index (χ1n) is 11.2. The van der Waals surface area contributed by atoms with E-state index in [9.17, 15) is 35.9 Å². The molecule has 3 saturated carbocycles. The zero-order chi connectivity index (χ0) is 26.1. The van der Waals surface area contributed by atoms with E-state index < -0.39 is 29.0 Å². The number of hydrogen-bond acceptors (Lipinski definition) is 2. The molecule has 0 aromatic heterocycles. The molecule has 0 aliphatic heterocycles. The van der Waals surface area contributed by atoms with Gasteiger partial charge in [0, 0.05) is 23.7 Å². The summed E-state index contributed by atoms with van der Waals surface area (Å²) in [6.45, 7) is 0. The first-order chi connectivity index (χ1) is 16.8. The molecule has 0 spiro atoms. The van der Waals surface area contributed by atoms with Crippen LogP contribution in [0.3, 0.4) is 0 Å². The zero-order valence-electron chi connectivity index (χ0n) is 18.8. The van der Waals surface area contributed by atoms with Gasteiger partial charge in [0.2, 0.25) is 11.8 Å². The van der Waals surface area contributed by atoms with E-state index in [4.69, 9.17) is 0 Å². The van der Waals surface area contributed by atoms with Gasteiger partial charge in [-0.05, 0) is 72.7 Å². The molecule has 2 aromatic rings. The minimum atomic E-state index is -4.42. The molecule has 0 saturated heterocycles. The highest BCUT2D eigenvalue weighted by Gasteiger charge is 2.56. The van der Waals surface area contributed by atoms with Crippen molar-refractivity contribution in [3.05, 3.63) is 82.9 Å². The molecule has 3 aliphatic rings. The van der Waals surface area contributed by atoms with E-state index in [0.29, 0.717) is 30.4 Å². The molecule has 0 unspecified atom stereocenters. The van der Waals surface area contributed by atoms with Crippen LogP contribution in [0.1, 0.15) is 41.5 Å². The van der Waals surface area contributed by atoms with Crippen LogP contribution in [0, 0.1) is 5.92 Å². The fourth-order valence-corrected chi connectivity index (χ4v) is 4.75. The Hall–Kier alpha value is -3.56. The van der Waals surface area contributed by atoms with Gasteiger partial charge in [0.05, 0.1) is 11.1 Å². The first kappa shape index (κ1) is 25.5. The molecule has 190 valence electrons. The lowest BCUT2D eigenvalue weighted by Gasteiger charge is -2.38. The highest BCUT2D eigenvalue weighted by molar-refractivity contribution is 5.93. The largest absolute Gasteiger partial charge is 0.416 e. The van der Waals surface area contributed by atoms with E-state index in [1.807, 2.05) is 0 Å². The molecule has 5 rings (SSSR count). The highest BCUT2D eigenvalue weighted by atomic mass is 19.4. The maximum absolute atomic E-state index is 12.6. The molecule has 0 heterocycles. The molecule has 4 nitrogen and oxygen atoms in total. The van der Waals surface area contributed by atoms with Crippen molar-refractivity contribution in [3.63, 3.8) is 0 Å². The Balaban J connectivity index is 1.26. The van der Waals surface area contributed by atoms with Crippen LogP contribution in [0.25, 0.3) is 12.2 Å². The summed E-state index contributed by atoms with van der Waals surface area (Å²) in [5.41, 5.74) is -1.06. The van der Waals surface area contributed by atoms with Crippen LogP contribution >= 0.6 is 0 Å². The third kappa shape index (κ3) is 5.98. The lowest BCUT2D eigenvalue weighted by Crippen LogP contribution is -2.51. The van der Waals surface area contributed by atoms with Gasteiger partial charge in [-0.3, -0.25) is 9.59 Å². The molecule has 3 aliphatic carbocycles. The number of nitrogens with one attached hydrogen (secondary N) is 2. The van der Waals surface area contributed by atoms with Crippen LogP contribution in [0.4, 0.5) is 26.3 Å². The summed E-state index contributed by atoms with van der Waals surface area (Å²) in [6, 6.07) is 8.76. The van der Waals surface area contributed by atoms with Gasteiger partial charge in [-0.1, -0.05) is 24.3 Å². The topological polar surface area (TPSA) is 58.2 Å². The van der Waals surface area contributed by atoms with E-state index in [2.05, 4.69) is 10.6 Å². The number of rotatable bonds is 6. The summed E-state index contributed by atoms with van der Waals surface area (Å²) in [7, 11) is 0. The Morgan fingerprint density at radius 1 is 0.722 bits per heavy atom. The maximum Gasteiger partial charge on any atom is 0.416 e. The van der Waals surface area contributed by atoms with Gasteiger partial charge in [-0.15, -0.1) is 0 Å². The first-order valence-corrected chi connectivity index (χ1v) is 11.2. The number of hydrogen-bond donors (Lipinski definition) is 2. The fraction of sp³-hybridized carbons (Fsp3) is 0.308. The SMILES string of the molecule is O=C(/C=C/c1ccc(C(F)(F)F)cc1)N[C@H]1CC2(NC(=O)/C=C/c3ccc(C(F)(F)F)cc3)CC1C2. The molecular formula is C26H22F6N2O2. The van der Waals surface area contributed by atoms with Crippen LogP contribution in [0.15, 0.2) is 60.7 Å². The Morgan fingerprint density at radius 2 is 1.17 bits per heavy atom. The average Bonchev–Trinajstić information content (AvgIpc) is 3.29. The quantitative estimate of drug-likeness (QED) is 0.394. The van der Waals surface area contributed by atoms with Crippen molar-refractivity contribution in [3.8, 4) is 0 Å². The summed E-state index contributed by atoms with van der Waals surface area (Å²) in [4.78, 5) is 24.6. The van der Waals surface area contributed by atoms with Crippen molar-refractivity contribution in [2.75, 3.05) is 0 Å². The number of halogens is 6. The number of benzene rings is 2. The Bertz CT molecular complexity index is 1170. The fourth-order valence-electron chi connectivity index (χ4n) is 4.75. The molecule has 2 N–H and O–H groups in total. The maximum atomic E-state index is 12.6. The average molecular weight is 508 g/mol. The third-order valence-electron chi connectivity index (χ3n) is 6.53. The normalized spacial score (nSPS) is 23.6. The second-order valence-electron chi connectivity index (χ2n) is 9.16. The Morgan fingerprint density at radius 3 is 1.61 bits per heavy atom. The molecular weight excluding hydrogens is 486 g/mol. The van der Waals surface area contributed by atoms with E-state index >= 15 is 0 Å². The second kappa shape index (κ2) is 9.48. The monoisotopic (exact) mass is 508 g/mol. The number of carbonyl (C=O) groups excluding carboxylic acids is 2. The van der Waals surface area contributed by atoms with Crippen LogP contribution in [0.2, 0.25) is 0 Å². The van der Waals surface area contributed by atoms with Gasteiger partial charge in [0.1, 0.15) is 0 Å². The molecule has 10 heteroatoms. The van der Waals surface area contributed by atoms with Crippen molar-refractivity contribution >= 4 is 24.0 Å². The zero-order valence-corrected chi connectivity index (χ0v) is 18.8. The Kier molecular flexibility index (Phi) is 6.72. The van der Waals surface area contributed by atoms with Crippen LogP contribution in [0.5, 0.6) is 0 Å². The van der Waals surface area contributed by atoms with Gasteiger partial charge in [-0.25, -0.2) is 0 Å². The minimum absolute atomic E-state index is 0.144. The standard InChI is InChI=1S/C26H22F6N2O2/c27-25(28,29)19-7-1-16(2-8-19)5-11-22(35)33-21-15-24(13-18(21)14-24)34-23(36)12-6-17-3-9-20(10-4-17)26(30,31)32/h1-12,18,21H,13-15H2,(H,33,35)(H,34,36)/b11-5+,12-6+/t18?,21-,24?/m0/s1. The van der Waals surface area contributed by atoms with Crippen molar-refractivity contribution in [2.45, 2.75) is 43.2 Å². The van der Waals surface area contributed by atoms with Gasteiger partial charge >= 0.3 is 12.4 Å². The molecule has 2 bridgehead atoms. The lowest BCUT2D eigenvalue weighted by molar-refractivity contribution is -0.138. The summed E-state index contributed by atoms with van der Waals surface area (Å²) in [6.07, 6.45) is -1.53. The van der Waals surface area contributed by atoms with Crippen LogP contribution in [-0.4, -0.2) is 23.4 Å². The summed E-state index contributed by atoms with van der Waals surface area (Å²) < 4.78 is 75.8. The summed E-state index contributed by atoms with van der Waals surface area (Å²) in [5.74, 6) is -0.550.